The zero-order valence-corrected chi connectivity index (χ0v) is 9.30. The van der Waals surface area contributed by atoms with Gasteiger partial charge in [0.15, 0.2) is 0 Å². The second-order valence-electron chi connectivity index (χ2n) is 4.01. The number of nitrogens with one attached hydrogen (secondary N) is 1. The van der Waals surface area contributed by atoms with Crippen molar-refractivity contribution in [3.8, 4) is 0 Å². The Labute approximate surface area is 93.2 Å². The Morgan fingerprint density at radius 1 is 1.53 bits per heavy atom. The van der Waals surface area contributed by atoms with Crippen LogP contribution < -0.4 is 5.32 Å². The number of amidine groups is 1. The van der Waals surface area contributed by atoms with E-state index in [-0.39, 0.29) is 0 Å². The molecule has 80 valence electrons. The number of ether oxygens (including phenoxy) is 1. The quantitative estimate of drug-likeness (QED) is 0.850. The topological polar surface area (TPSA) is 33.6 Å². The van der Waals surface area contributed by atoms with Gasteiger partial charge < -0.3 is 10.1 Å². The summed E-state index contributed by atoms with van der Waals surface area (Å²) in [5.74, 6) is 0.774. The monoisotopic (exact) mass is 222 g/mol. The molecule has 0 radical (unpaired) electrons. The van der Waals surface area contributed by atoms with Gasteiger partial charge in [0, 0.05) is 4.88 Å². The summed E-state index contributed by atoms with van der Waals surface area (Å²) >= 11 is 1.81. The van der Waals surface area contributed by atoms with Gasteiger partial charge in [0.25, 0.3) is 6.02 Å². The Balaban J connectivity index is 1.73. The lowest BCUT2D eigenvalue weighted by Gasteiger charge is -2.17. The van der Waals surface area contributed by atoms with Gasteiger partial charge in [-0.1, -0.05) is 6.07 Å². The van der Waals surface area contributed by atoms with Gasteiger partial charge in [-0.05, 0) is 30.2 Å². The molecule has 1 fully saturated rings. The molecule has 0 spiro atoms. The molecule has 4 heteroatoms. The van der Waals surface area contributed by atoms with Crippen molar-refractivity contribution in [2.45, 2.75) is 18.9 Å². The molecule has 1 aromatic heterocycles. The molecule has 1 saturated carbocycles. The van der Waals surface area contributed by atoms with E-state index >= 15 is 0 Å². The lowest BCUT2D eigenvalue weighted by molar-refractivity contribution is 0.322. The van der Waals surface area contributed by atoms with E-state index < -0.39 is 0 Å². The molecule has 1 aliphatic carbocycles. The molecule has 1 atom stereocenters. The van der Waals surface area contributed by atoms with Crippen LogP contribution in [0.3, 0.4) is 0 Å². The highest BCUT2D eigenvalue weighted by Crippen LogP contribution is 2.42. The van der Waals surface area contributed by atoms with E-state index in [2.05, 4.69) is 27.8 Å². The number of nitrogens with zero attached hydrogens (tertiary/aromatic N) is 1. The molecule has 15 heavy (non-hydrogen) atoms. The fourth-order valence-electron chi connectivity index (χ4n) is 1.87. The van der Waals surface area contributed by atoms with Crippen LogP contribution in [-0.2, 0) is 4.74 Å². The maximum Gasteiger partial charge on any atom is 0.285 e. The lowest BCUT2D eigenvalue weighted by atomic mass is 10.1. The first-order chi connectivity index (χ1) is 7.43. The molecule has 0 unspecified atom stereocenters. The standard InChI is InChI=1S/C11H14N2OS/c1-2-9(15-7-1)10(8-3-4-8)13-11-12-5-6-14-11/h1-2,7-8,10H,3-6H2,(H,12,13)/t10-/m1/s1. The third kappa shape index (κ3) is 2.00. The number of hydrogen-bond acceptors (Lipinski definition) is 4. The largest absolute Gasteiger partial charge is 0.463 e. The minimum atomic E-state index is 0.418. The van der Waals surface area contributed by atoms with Gasteiger partial charge in [0.1, 0.15) is 6.61 Å². The van der Waals surface area contributed by atoms with E-state index in [0.29, 0.717) is 6.04 Å². The summed E-state index contributed by atoms with van der Waals surface area (Å²) in [6, 6.07) is 5.45. The first-order valence-electron chi connectivity index (χ1n) is 5.40. The van der Waals surface area contributed by atoms with Gasteiger partial charge >= 0.3 is 0 Å². The smallest absolute Gasteiger partial charge is 0.285 e. The molecule has 3 rings (SSSR count). The van der Waals surface area contributed by atoms with Crippen LogP contribution in [0, 0.1) is 5.92 Å². The summed E-state index contributed by atoms with van der Waals surface area (Å²) in [6.07, 6.45) is 2.64. The van der Waals surface area contributed by atoms with Gasteiger partial charge in [-0.15, -0.1) is 11.3 Å². The zero-order valence-electron chi connectivity index (χ0n) is 8.48. The van der Waals surface area contributed by atoms with E-state index in [9.17, 15) is 0 Å². The van der Waals surface area contributed by atoms with E-state index in [1.807, 2.05) is 11.3 Å². The molecule has 2 aliphatic rings. The van der Waals surface area contributed by atoms with Crippen molar-refractivity contribution in [3.63, 3.8) is 0 Å². The highest BCUT2D eigenvalue weighted by Gasteiger charge is 2.34. The maximum atomic E-state index is 5.40. The Kier molecular flexibility index (Phi) is 2.37. The van der Waals surface area contributed by atoms with Crippen molar-refractivity contribution in [1.82, 2.24) is 5.32 Å². The molecule has 1 aliphatic heterocycles. The summed E-state index contributed by atoms with van der Waals surface area (Å²) in [7, 11) is 0. The predicted molar refractivity (Wildman–Crippen MR) is 61.2 cm³/mol. The van der Waals surface area contributed by atoms with Crippen LogP contribution in [0.2, 0.25) is 0 Å². The van der Waals surface area contributed by atoms with Crippen LogP contribution in [0.4, 0.5) is 0 Å². The highest BCUT2D eigenvalue weighted by atomic mass is 32.1. The van der Waals surface area contributed by atoms with Crippen molar-refractivity contribution in [2.24, 2.45) is 10.9 Å². The average molecular weight is 222 g/mol. The van der Waals surface area contributed by atoms with Crippen molar-refractivity contribution < 1.29 is 4.74 Å². The molecule has 3 nitrogen and oxygen atoms in total. The lowest BCUT2D eigenvalue weighted by Crippen LogP contribution is -2.29. The van der Waals surface area contributed by atoms with Gasteiger partial charge in [-0.3, -0.25) is 0 Å². The molecule has 2 heterocycles. The van der Waals surface area contributed by atoms with Crippen molar-refractivity contribution in [3.05, 3.63) is 22.4 Å². The van der Waals surface area contributed by atoms with Gasteiger partial charge in [-0.25, -0.2) is 4.99 Å². The second-order valence-corrected chi connectivity index (χ2v) is 4.99. The molecule has 0 bridgehead atoms. The van der Waals surface area contributed by atoms with Crippen LogP contribution >= 0.6 is 11.3 Å². The van der Waals surface area contributed by atoms with Crippen molar-refractivity contribution in [2.75, 3.05) is 13.2 Å². The molecular weight excluding hydrogens is 208 g/mol. The van der Waals surface area contributed by atoms with Gasteiger partial charge in [0.2, 0.25) is 0 Å². The Bertz CT molecular complexity index is 357. The van der Waals surface area contributed by atoms with Crippen LogP contribution in [0.1, 0.15) is 23.8 Å². The zero-order chi connectivity index (χ0) is 10.1. The first-order valence-corrected chi connectivity index (χ1v) is 6.28. The van der Waals surface area contributed by atoms with Crippen LogP contribution in [-0.4, -0.2) is 19.2 Å². The minimum Gasteiger partial charge on any atom is -0.463 e. The van der Waals surface area contributed by atoms with Crippen LogP contribution in [0.15, 0.2) is 22.5 Å². The fraction of sp³-hybridized carbons (Fsp3) is 0.545. The number of thiophene rings is 1. The summed E-state index contributed by atoms with van der Waals surface area (Å²) in [6.45, 7) is 1.52. The molecule has 0 aromatic carbocycles. The van der Waals surface area contributed by atoms with Gasteiger partial charge in [-0.2, -0.15) is 0 Å². The average Bonchev–Trinajstić information content (AvgIpc) is 2.78. The normalized spacial score (nSPS) is 22.0. The second kappa shape index (κ2) is 3.85. The third-order valence-corrected chi connectivity index (χ3v) is 3.76. The first kappa shape index (κ1) is 9.21. The summed E-state index contributed by atoms with van der Waals surface area (Å²) < 4.78 is 5.40. The fourth-order valence-corrected chi connectivity index (χ4v) is 2.74. The van der Waals surface area contributed by atoms with E-state index in [4.69, 9.17) is 4.74 Å². The SMILES string of the molecule is c1csc([C@H](NC2=NCCO2)C2CC2)c1. The molecule has 1 N–H and O–H groups in total. The van der Waals surface area contributed by atoms with E-state index in [1.54, 1.807) is 0 Å². The number of hydrogen-bond donors (Lipinski definition) is 1. The van der Waals surface area contributed by atoms with Crippen molar-refractivity contribution in [1.29, 1.82) is 0 Å². The molecular formula is C11H14N2OS. The molecule has 1 aromatic rings. The number of aliphatic imine (C=N–C) groups is 1. The third-order valence-electron chi connectivity index (χ3n) is 2.81. The van der Waals surface area contributed by atoms with E-state index in [1.165, 1.54) is 17.7 Å². The Hall–Kier alpha value is -1.03. The van der Waals surface area contributed by atoms with Gasteiger partial charge in [0.05, 0.1) is 12.6 Å². The summed E-state index contributed by atoms with van der Waals surface area (Å²) in [5.41, 5.74) is 0. The number of rotatable bonds is 3. The molecule has 0 amide bonds. The van der Waals surface area contributed by atoms with Crippen LogP contribution in [0.5, 0.6) is 0 Å². The summed E-state index contributed by atoms with van der Waals surface area (Å²) in [5, 5.41) is 5.55. The summed E-state index contributed by atoms with van der Waals surface area (Å²) in [4.78, 5) is 5.68. The van der Waals surface area contributed by atoms with Crippen molar-refractivity contribution >= 4 is 17.4 Å². The van der Waals surface area contributed by atoms with Crippen LogP contribution in [0.25, 0.3) is 0 Å². The Morgan fingerprint density at radius 2 is 2.47 bits per heavy atom. The van der Waals surface area contributed by atoms with E-state index in [0.717, 1.165) is 25.1 Å². The highest BCUT2D eigenvalue weighted by molar-refractivity contribution is 7.10. The molecule has 0 saturated heterocycles. The maximum absolute atomic E-state index is 5.40. The minimum absolute atomic E-state index is 0.418. The Morgan fingerprint density at radius 3 is 3.07 bits per heavy atom. The predicted octanol–water partition coefficient (Wildman–Crippen LogP) is 2.17.